The summed E-state index contributed by atoms with van der Waals surface area (Å²) in [4.78, 5) is 36.1. The Balaban J connectivity index is 2.13. The number of H-pyrrole nitrogens is 1. The summed E-state index contributed by atoms with van der Waals surface area (Å²) in [5.41, 5.74) is 0.0110. The number of ether oxygens (including phenoxy) is 1. The van der Waals surface area contributed by atoms with Gasteiger partial charge in [-0.2, -0.15) is 9.50 Å². The summed E-state index contributed by atoms with van der Waals surface area (Å²) in [6, 6.07) is 3.55. The third kappa shape index (κ3) is 2.27. The first kappa shape index (κ1) is 13.0. The van der Waals surface area contributed by atoms with Crippen molar-refractivity contribution >= 4 is 11.7 Å². The summed E-state index contributed by atoms with van der Waals surface area (Å²) in [7, 11) is 0. The van der Waals surface area contributed by atoms with E-state index in [-0.39, 0.29) is 17.9 Å². The standard InChI is InChI=1S/C13H11N5O3/c1-2-21-12(20)9-7-15-13-16-10(17-18(13)11(9)19)8-4-3-5-14-6-8/h3-7H,2H2,1H3,(H,15,16,17). The van der Waals surface area contributed by atoms with Crippen molar-refractivity contribution in [3.8, 4) is 11.4 Å². The molecule has 0 fully saturated rings. The van der Waals surface area contributed by atoms with Gasteiger partial charge in [0.25, 0.3) is 11.3 Å². The van der Waals surface area contributed by atoms with Crippen molar-refractivity contribution in [2.75, 3.05) is 6.61 Å². The third-order valence-electron chi connectivity index (χ3n) is 2.80. The first-order chi connectivity index (χ1) is 10.2. The Morgan fingerprint density at radius 3 is 3.00 bits per heavy atom. The maximum atomic E-state index is 12.2. The Morgan fingerprint density at radius 2 is 2.29 bits per heavy atom. The number of aromatic amines is 1. The summed E-state index contributed by atoms with van der Waals surface area (Å²) < 4.78 is 5.92. The molecule has 21 heavy (non-hydrogen) atoms. The molecule has 0 radical (unpaired) electrons. The zero-order valence-corrected chi connectivity index (χ0v) is 11.1. The van der Waals surface area contributed by atoms with E-state index in [1.54, 1.807) is 31.5 Å². The molecule has 0 spiro atoms. The van der Waals surface area contributed by atoms with Gasteiger partial charge in [0.15, 0.2) is 5.82 Å². The van der Waals surface area contributed by atoms with Crippen molar-refractivity contribution < 1.29 is 9.53 Å². The number of hydrogen-bond donors (Lipinski definition) is 1. The van der Waals surface area contributed by atoms with Gasteiger partial charge in [-0.25, -0.2) is 9.78 Å². The van der Waals surface area contributed by atoms with Crippen molar-refractivity contribution in [1.82, 2.24) is 24.6 Å². The summed E-state index contributed by atoms with van der Waals surface area (Å²) in [6.07, 6.45) is 4.41. The second-order valence-corrected chi connectivity index (χ2v) is 4.15. The van der Waals surface area contributed by atoms with E-state index in [0.717, 1.165) is 4.52 Å². The summed E-state index contributed by atoms with van der Waals surface area (Å²) >= 11 is 0. The summed E-state index contributed by atoms with van der Waals surface area (Å²) in [5.74, 6) is -0.0949. The van der Waals surface area contributed by atoms with Crippen LogP contribution in [0.15, 0.2) is 35.5 Å². The fourth-order valence-corrected chi connectivity index (χ4v) is 1.84. The molecule has 0 saturated heterocycles. The maximum Gasteiger partial charge on any atom is 0.345 e. The smallest absolute Gasteiger partial charge is 0.345 e. The van der Waals surface area contributed by atoms with E-state index in [1.165, 1.54) is 6.20 Å². The molecule has 0 amide bonds. The number of nitrogens with zero attached hydrogens (tertiary/aromatic N) is 4. The number of carbonyl (C=O) groups is 1. The minimum Gasteiger partial charge on any atom is -0.462 e. The van der Waals surface area contributed by atoms with Gasteiger partial charge in [0.05, 0.1) is 12.8 Å². The van der Waals surface area contributed by atoms with Crippen LogP contribution in [0.1, 0.15) is 17.3 Å². The van der Waals surface area contributed by atoms with E-state index in [1.807, 2.05) is 0 Å². The number of pyridine rings is 1. The van der Waals surface area contributed by atoms with Gasteiger partial charge >= 0.3 is 5.97 Å². The lowest BCUT2D eigenvalue weighted by Gasteiger charge is -1.99. The first-order valence-electron chi connectivity index (χ1n) is 6.26. The molecule has 106 valence electrons. The van der Waals surface area contributed by atoms with Gasteiger partial charge in [-0.05, 0) is 19.1 Å². The molecule has 3 aromatic rings. The molecule has 1 N–H and O–H groups in total. The Hall–Kier alpha value is -3.03. The Kier molecular flexibility index (Phi) is 3.19. The molecule has 8 nitrogen and oxygen atoms in total. The van der Waals surface area contributed by atoms with Crippen LogP contribution in [0.2, 0.25) is 0 Å². The number of aromatic nitrogens is 5. The molecule has 0 aliphatic carbocycles. The van der Waals surface area contributed by atoms with Gasteiger partial charge in [-0.3, -0.25) is 14.9 Å². The van der Waals surface area contributed by atoms with Crippen molar-refractivity contribution in [2.45, 2.75) is 6.92 Å². The zero-order valence-electron chi connectivity index (χ0n) is 11.1. The van der Waals surface area contributed by atoms with Gasteiger partial charge in [0, 0.05) is 18.0 Å². The Bertz CT molecular complexity index is 853. The lowest BCUT2D eigenvalue weighted by atomic mass is 10.3. The molecule has 0 saturated carbocycles. The molecule has 0 unspecified atom stereocenters. The van der Waals surface area contributed by atoms with E-state index in [9.17, 15) is 9.59 Å². The fraction of sp³-hybridized carbons (Fsp3) is 0.154. The molecule has 8 heteroatoms. The highest BCUT2D eigenvalue weighted by Gasteiger charge is 2.16. The van der Waals surface area contributed by atoms with E-state index in [2.05, 4.69) is 20.1 Å². The van der Waals surface area contributed by atoms with Crippen LogP contribution < -0.4 is 5.56 Å². The largest absolute Gasteiger partial charge is 0.462 e. The highest BCUT2D eigenvalue weighted by Crippen LogP contribution is 2.12. The number of hydrogen-bond acceptors (Lipinski definition) is 6. The van der Waals surface area contributed by atoms with Crippen molar-refractivity contribution in [1.29, 1.82) is 0 Å². The zero-order chi connectivity index (χ0) is 14.8. The van der Waals surface area contributed by atoms with Crippen LogP contribution in [0.3, 0.4) is 0 Å². The molecule has 0 aromatic carbocycles. The van der Waals surface area contributed by atoms with E-state index >= 15 is 0 Å². The van der Waals surface area contributed by atoms with Crippen LogP contribution in [-0.4, -0.2) is 37.1 Å². The predicted octanol–water partition coefficient (Wildman–Crippen LogP) is 0.656. The maximum absolute atomic E-state index is 12.2. The van der Waals surface area contributed by atoms with Gasteiger partial charge in [-0.1, -0.05) is 0 Å². The third-order valence-corrected chi connectivity index (χ3v) is 2.80. The van der Waals surface area contributed by atoms with E-state index in [4.69, 9.17) is 4.74 Å². The van der Waals surface area contributed by atoms with Crippen LogP contribution >= 0.6 is 0 Å². The predicted molar refractivity (Wildman–Crippen MR) is 72.8 cm³/mol. The molecule has 3 heterocycles. The Morgan fingerprint density at radius 1 is 1.43 bits per heavy atom. The van der Waals surface area contributed by atoms with Gasteiger partial charge < -0.3 is 4.74 Å². The highest BCUT2D eigenvalue weighted by molar-refractivity contribution is 5.88. The molecule has 0 aliphatic heterocycles. The average molecular weight is 285 g/mol. The van der Waals surface area contributed by atoms with Crippen LogP contribution in [0.4, 0.5) is 0 Å². The van der Waals surface area contributed by atoms with Crippen molar-refractivity contribution in [3.05, 3.63) is 46.6 Å². The lowest BCUT2D eigenvalue weighted by molar-refractivity contribution is 0.0523. The molecule has 3 aromatic heterocycles. The number of esters is 1. The molecule has 0 aliphatic rings. The van der Waals surface area contributed by atoms with E-state index < -0.39 is 11.5 Å². The summed E-state index contributed by atoms with van der Waals surface area (Å²) in [5, 5.41) is 2.80. The highest BCUT2D eigenvalue weighted by atomic mass is 16.5. The average Bonchev–Trinajstić information content (AvgIpc) is 2.94. The second-order valence-electron chi connectivity index (χ2n) is 4.15. The molecule has 3 rings (SSSR count). The number of fused-ring (bicyclic) bond motifs is 1. The SMILES string of the molecule is CCOC(=O)c1cnc2nc(-c3cccnc3)[nH]n2c1=O. The fourth-order valence-electron chi connectivity index (χ4n) is 1.84. The molecular formula is C13H11N5O3. The minimum atomic E-state index is -0.707. The quantitative estimate of drug-likeness (QED) is 0.709. The Labute approximate surface area is 118 Å². The number of carbonyl (C=O) groups excluding carboxylic acids is 1. The van der Waals surface area contributed by atoms with E-state index in [0.29, 0.717) is 11.4 Å². The minimum absolute atomic E-state index is 0.143. The van der Waals surface area contributed by atoms with Crippen LogP contribution in [0.5, 0.6) is 0 Å². The topological polar surface area (TPSA) is 102 Å². The number of nitrogens with one attached hydrogen (secondary N) is 1. The monoisotopic (exact) mass is 285 g/mol. The number of rotatable bonds is 3. The van der Waals surface area contributed by atoms with Crippen LogP contribution in [0, 0.1) is 0 Å². The molecule has 0 bridgehead atoms. The molecular weight excluding hydrogens is 274 g/mol. The normalized spacial score (nSPS) is 10.7. The van der Waals surface area contributed by atoms with Crippen molar-refractivity contribution in [3.63, 3.8) is 0 Å². The van der Waals surface area contributed by atoms with Gasteiger partial charge in [0.1, 0.15) is 5.56 Å². The van der Waals surface area contributed by atoms with Crippen LogP contribution in [-0.2, 0) is 4.74 Å². The molecule has 0 atom stereocenters. The van der Waals surface area contributed by atoms with Gasteiger partial charge in [0.2, 0.25) is 0 Å². The van der Waals surface area contributed by atoms with Gasteiger partial charge in [-0.15, -0.1) is 0 Å². The first-order valence-corrected chi connectivity index (χ1v) is 6.26. The van der Waals surface area contributed by atoms with Crippen LogP contribution in [0.25, 0.3) is 17.2 Å². The summed E-state index contributed by atoms with van der Waals surface area (Å²) in [6.45, 7) is 1.85. The van der Waals surface area contributed by atoms with Crippen molar-refractivity contribution in [2.24, 2.45) is 0 Å². The second kappa shape index (κ2) is 5.16. The lowest BCUT2D eigenvalue weighted by Crippen LogP contribution is -2.24.